The van der Waals surface area contributed by atoms with E-state index in [0.29, 0.717) is 0 Å². The first-order valence-corrected chi connectivity index (χ1v) is 7.23. The fraction of sp³-hybridized carbons (Fsp3) is 0.188. The molecule has 3 heteroatoms. The lowest BCUT2D eigenvalue weighted by molar-refractivity contribution is 1.15. The largest absolute Gasteiger partial charge is 0.305 e. The lowest BCUT2D eigenvalue weighted by Gasteiger charge is -1.97. The number of hydrogen-bond acceptors (Lipinski definition) is 1. The van der Waals surface area contributed by atoms with Crippen LogP contribution in [0.1, 0.15) is 19.4 Å². The Labute approximate surface area is 122 Å². The summed E-state index contributed by atoms with van der Waals surface area (Å²) in [4.78, 5) is 4.67. The molecular formula is C16H17BrN2. The lowest BCUT2D eigenvalue weighted by atomic mass is 10.2. The summed E-state index contributed by atoms with van der Waals surface area (Å²) in [5.74, 6) is 0. The van der Waals surface area contributed by atoms with Crippen LogP contribution in [0.15, 0.2) is 53.3 Å². The second-order valence-corrected chi connectivity index (χ2v) is 4.98. The minimum atomic E-state index is 1.01. The molecule has 0 saturated carbocycles. The van der Waals surface area contributed by atoms with Gasteiger partial charge in [-0.1, -0.05) is 44.2 Å². The molecule has 0 aliphatic rings. The molecule has 0 unspecified atom stereocenters. The van der Waals surface area contributed by atoms with Crippen LogP contribution in [0.5, 0.6) is 0 Å². The molecule has 3 rings (SSSR count). The van der Waals surface area contributed by atoms with Crippen molar-refractivity contribution in [1.82, 2.24) is 9.38 Å². The number of aryl methyl sites for hydroxylation is 1. The van der Waals surface area contributed by atoms with E-state index in [-0.39, 0.29) is 0 Å². The molecule has 0 aliphatic carbocycles. The van der Waals surface area contributed by atoms with Crippen LogP contribution in [0.3, 0.4) is 0 Å². The van der Waals surface area contributed by atoms with Crippen molar-refractivity contribution in [2.24, 2.45) is 0 Å². The van der Waals surface area contributed by atoms with Gasteiger partial charge >= 0.3 is 0 Å². The van der Waals surface area contributed by atoms with E-state index in [1.54, 1.807) is 0 Å². The number of rotatable bonds is 1. The van der Waals surface area contributed by atoms with Gasteiger partial charge in [0.2, 0.25) is 0 Å². The molecule has 19 heavy (non-hydrogen) atoms. The van der Waals surface area contributed by atoms with Crippen molar-refractivity contribution in [3.8, 4) is 11.3 Å². The second-order valence-electron chi connectivity index (χ2n) is 4.06. The van der Waals surface area contributed by atoms with E-state index in [4.69, 9.17) is 0 Å². The molecule has 3 aromatic rings. The van der Waals surface area contributed by atoms with Gasteiger partial charge in [-0.05, 0) is 34.5 Å². The van der Waals surface area contributed by atoms with Crippen LogP contribution in [0.4, 0.5) is 0 Å². The van der Waals surface area contributed by atoms with Crippen molar-refractivity contribution in [1.29, 1.82) is 0 Å². The molecule has 0 radical (unpaired) electrons. The smallest absolute Gasteiger partial charge is 0.140 e. The Morgan fingerprint density at radius 1 is 1.05 bits per heavy atom. The number of benzene rings is 1. The van der Waals surface area contributed by atoms with Crippen molar-refractivity contribution in [2.45, 2.75) is 20.8 Å². The maximum absolute atomic E-state index is 4.67. The second kappa shape index (κ2) is 6.02. The van der Waals surface area contributed by atoms with E-state index in [2.05, 4.69) is 56.6 Å². The van der Waals surface area contributed by atoms with Gasteiger partial charge in [-0.25, -0.2) is 4.98 Å². The molecule has 2 aromatic heterocycles. The molecule has 0 N–H and O–H groups in total. The van der Waals surface area contributed by atoms with Crippen LogP contribution < -0.4 is 0 Å². The Balaban J connectivity index is 0.000000637. The number of halogens is 1. The van der Waals surface area contributed by atoms with Crippen LogP contribution in [0.25, 0.3) is 16.9 Å². The maximum atomic E-state index is 4.67. The zero-order valence-corrected chi connectivity index (χ0v) is 13.0. The highest BCUT2D eigenvalue weighted by Gasteiger charge is 2.06. The molecule has 0 amide bonds. The number of pyridine rings is 1. The van der Waals surface area contributed by atoms with Crippen molar-refractivity contribution < 1.29 is 0 Å². The third kappa shape index (κ3) is 2.87. The minimum absolute atomic E-state index is 1.01. The van der Waals surface area contributed by atoms with Gasteiger partial charge in [0.15, 0.2) is 0 Å². The third-order valence-electron chi connectivity index (χ3n) is 2.77. The Morgan fingerprint density at radius 2 is 1.74 bits per heavy atom. The summed E-state index contributed by atoms with van der Waals surface area (Å²) in [5, 5.41) is 0. The minimum Gasteiger partial charge on any atom is -0.305 e. The SMILES string of the molecule is CC.Cc1cc(Br)cn2cc(-c3ccccc3)nc12. The molecular weight excluding hydrogens is 300 g/mol. The molecule has 1 aromatic carbocycles. The number of hydrogen-bond donors (Lipinski definition) is 0. The lowest BCUT2D eigenvalue weighted by Crippen LogP contribution is -1.86. The molecule has 0 spiro atoms. The van der Waals surface area contributed by atoms with E-state index >= 15 is 0 Å². The van der Waals surface area contributed by atoms with Crippen molar-refractivity contribution in [3.05, 3.63) is 58.8 Å². The predicted molar refractivity (Wildman–Crippen MR) is 84.4 cm³/mol. The first kappa shape index (κ1) is 13.8. The summed E-state index contributed by atoms with van der Waals surface area (Å²) in [6.45, 7) is 6.07. The highest BCUT2D eigenvalue weighted by Crippen LogP contribution is 2.22. The summed E-state index contributed by atoms with van der Waals surface area (Å²) in [7, 11) is 0. The van der Waals surface area contributed by atoms with Crippen molar-refractivity contribution in [2.75, 3.05) is 0 Å². The first-order valence-electron chi connectivity index (χ1n) is 6.44. The van der Waals surface area contributed by atoms with Gasteiger partial charge in [0.25, 0.3) is 0 Å². The molecule has 98 valence electrons. The number of imidazole rings is 1. The zero-order chi connectivity index (χ0) is 13.8. The van der Waals surface area contributed by atoms with E-state index in [0.717, 1.165) is 21.4 Å². The maximum Gasteiger partial charge on any atom is 0.140 e. The van der Waals surface area contributed by atoms with E-state index in [9.17, 15) is 0 Å². The van der Waals surface area contributed by atoms with Gasteiger partial charge in [-0.2, -0.15) is 0 Å². The van der Waals surface area contributed by atoms with Crippen LogP contribution in [-0.2, 0) is 0 Å². The molecule has 0 aliphatic heterocycles. The van der Waals surface area contributed by atoms with Crippen LogP contribution in [0.2, 0.25) is 0 Å². The van der Waals surface area contributed by atoms with Gasteiger partial charge in [-0.3, -0.25) is 0 Å². The first-order chi connectivity index (χ1) is 9.24. The fourth-order valence-electron chi connectivity index (χ4n) is 1.97. The highest BCUT2D eigenvalue weighted by atomic mass is 79.9. The third-order valence-corrected chi connectivity index (χ3v) is 3.21. The van der Waals surface area contributed by atoms with Gasteiger partial charge < -0.3 is 4.40 Å². The Bertz CT molecular complexity index is 672. The standard InChI is InChI=1S/C14H11BrN2.C2H6/c1-10-7-12(15)8-17-9-13(16-14(10)17)11-5-3-2-4-6-11;1-2/h2-9H,1H3;1-2H3. The van der Waals surface area contributed by atoms with E-state index in [1.807, 2.05) is 38.2 Å². The topological polar surface area (TPSA) is 17.3 Å². The van der Waals surface area contributed by atoms with Crippen molar-refractivity contribution in [3.63, 3.8) is 0 Å². The Morgan fingerprint density at radius 3 is 2.42 bits per heavy atom. The van der Waals surface area contributed by atoms with E-state index < -0.39 is 0 Å². The highest BCUT2D eigenvalue weighted by molar-refractivity contribution is 9.10. The zero-order valence-electron chi connectivity index (χ0n) is 11.4. The Hall–Kier alpha value is -1.61. The molecule has 2 nitrogen and oxygen atoms in total. The monoisotopic (exact) mass is 316 g/mol. The average molecular weight is 317 g/mol. The Kier molecular flexibility index (Phi) is 4.38. The number of aromatic nitrogens is 2. The fourth-order valence-corrected chi connectivity index (χ4v) is 2.54. The number of nitrogens with zero attached hydrogens (tertiary/aromatic N) is 2. The average Bonchev–Trinajstić information content (AvgIpc) is 2.86. The normalized spacial score (nSPS) is 10.1. The molecule has 0 atom stereocenters. The summed E-state index contributed by atoms with van der Waals surface area (Å²) < 4.78 is 3.13. The summed E-state index contributed by atoms with van der Waals surface area (Å²) in [5.41, 5.74) is 4.33. The summed E-state index contributed by atoms with van der Waals surface area (Å²) >= 11 is 3.50. The van der Waals surface area contributed by atoms with Gasteiger partial charge in [-0.15, -0.1) is 0 Å². The van der Waals surface area contributed by atoms with Crippen LogP contribution >= 0.6 is 15.9 Å². The summed E-state index contributed by atoms with van der Waals surface area (Å²) in [6, 6.07) is 12.3. The van der Waals surface area contributed by atoms with Crippen LogP contribution in [0, 0.1) is 6.92 Å². The van der Waals surface area contributed by atoms with Gasteiger partial charge in [0.05, 0.1) is 5.69 Å². The molecule has 0 bridgehead atoms. The summed E-state index contributed by atoms with van der Waals surface area (Å²) in [6.07, 6.45) is 4.09. The predicted octanol–water partition coefficient (Wildman–Crippen LogP) is 5.10. The van der Waals surface area contributed by atoms with E-state index in [1.165, 1.54) is 5.56 Å². The quantitative estimate of drug-likeness (QED) is 0.610. The number of fused-ring (bicyclic) bond motifs is 1. The molecule has 2 heterocycles. The van der Waals surface area contributed by atoms with Gasteiger partial charge in [0.1, 0.15) is 5.65 Å². The van der Waals surface area contributed by atoms with Crippen LogP contribution in [-0.4, -0.2) is 9.38 Å². The van der Waals surface area contributed by atoms with Gasteiger partial charge in [0, 0.05) is 22.4 Å². The molecule has 0 fully saturated rings. The molecule has 0 saturated heterocycles. The van der Waals surface area contributed by atoms with Crippen molar-refractivity contribution >= 4 is 21.6 Å².